The number of fused-ring (bicyclic) bond motifs is 3. The highest BCUT2D eigenvalue weighted by molar-refractivity contribution is 7.19. The maximum Gasteiger partial charge on any atom is 0.200 e. The predicted octanol–water partition coefficient (Wildman–Crippen LogP) is 3.35. The van der Waals surface area contributed by atoms with Gasteiger partial charge >= 0.3 is 0 Å². The molecule has 0 saturated carbocycles. The van der Waals surface area contributed by atoms with Crippen molar-refractivity contribution < 1.29 is 14.6 Å². The van der Waals surface area contributed by atoms with Crippen molar-refractivity contribution in [2.75, 3.05) is 19.6 Å². The minimum absolute atomic E-state index is 0.0357. The van der Waals surface area contributed by atoms with Crippen LogP contribution >= 0.6 is 11.3 Å². The van der Waals surface area contributed by atoms with Crippen molar-refractivity contribution in [2.45, 2.75) is 19.3 Å². The molecular weight excluding hydrogens is 352 g/mol. The second-order valence-electron chi connectivity index (χ2n) is 5.90. The summed E-state index contributed by atoms with van der Waals surface area (Å²) in [7, 11) is 2.98. The molecule has 0 amide bonds. The van der Waals surface area contributed by atoms with E-state index in [0.29, 0.717) is 17.3 Å². The number of phenolic OH excluding ortho intramolecular Hbond substituents is 1. The second-order valence-corrected chi connectivity index (χ2v) is 6.99. The average Bonchev–Trinajstić information content (AvgIpc) is 3.24. The molecule has 7 nitrogen and oxygen atoms in total. The van der Waals surface area contributed by atoms with Crippen LogP contribution in [0, 0.1) is 0 Å². The number of ether oxygens (including phenoxy) is 2. The van der Waals surface area contributed by atoms with Gasteiger partial charge in [-0.05, 0) is 37.0 Å². The first-order chi connectivity index (χ1) is 12.7. The minimum Gasteiger partial charge on any atom is -0.502 e. The molecule has 134 valence electrons. The fraction of sp³-hybridized carbons (Fsp3) is 0.278. The number of nitrogens with one attached hydrogen (secondary N) is 1. The van der Waals surface area contributed by atoms with Crippen LogP contribution in [0.2, 0.25) is 0 Å². The Kier molecular flexibility index (Phi) is 4.34. The van der Waals surface area contributed by atoms with Crippen LogP contribution in [-0.4, -0.2) is 35.5 Å². The Bertz CT molecular complexity index is 975. The van der Waals surface area contributed by atoms with Gasteiger partial charge in [-0.2, -0.15) is 5.10 Å². The van der Waals surface area contributed by atoms with Gasteiger partial charge in [0, 0.05) is 10.4 Å². The van der Waals surface area contributed by atoms with Gasteiger partial charge in [-0.3, -0.25) is 5.43 Å². The standard InChI is InChI=1S/C18H18N4O3S/c1-24-12-6-10(7-13(25-2)16(12)23)8-21-22-17-15-11-4-3-5-14(11)26-18(15)20-9-19-17/h6-9,23H,3-5H2,1-2H3,(H,19,20,22)/b21-8+. The summed E-state index contributed by atoms with van der Waals surface area (Å²) in [5, 5.41) is 15.3. The van der Waals surface area contributed by atoms with Crippen molar-refractivity contribution in [3.63, 3.8) is 0 Å². The topological polar surface area (TPSA) is 88.9 Å². The summed E-state index contributed by atoms with van der Waals surface area (Å²) in [5.41, 5.74) is 5.09. The summed E-state index contributed by atoms with van der Waals surface area (Å²) < 4.78 is 10.3. The molecule has 1 aliphatic carbocycles. The molecule has 0 radical (unpaired) electrons. The number of nitrogens with zero attached hydrogens (tertiary/aromatic N) is 3. The van der Waals surface area contributed by atoms with Crippen LogP contribution in [0.4, 0.5) is 5.82 Å². The smallest absolute Gasteiger partial charge is 0.200 e. The fourth-order valence-electron chi connectivity index (χ4n) is 3.17. The van der Waals surface area contributed by atoms with E-state index >= 15 is 0 Å². The number of benzene rings is 1. The van der Waals surface area contributed by atoms with E-state index in [1.807, 2.05) is 0 Å². The van der Waals surface area contributed by atoms with Crippen molar-refractivity contribution in [3.8, 4) is 17.2 Å². The Hall–Kier alpha value is -2.87. The number of rotatable bonds is 5. The SMILES string of the molecule is COc1cc(/C=N/Nc2ncnc3sc4c(c23)CCC4)cc(OC)c1O. The molecule has 0 unspecified atom stereocenters. The van der Waals surface area contributed by atoms with Gasteiger partial charge in [0.1, 0.15) is 11.2 Å². The lowest BCUT2D eigenvalue weighted by molar-refractivity contribution is 0.340. The lowest BCUT2D eigenvalue weighted by Gasteiger charge is -2.09. The molecule has 8 heteroatoms. The number of hydrogen-bond acceptors (Lipinski definition) is 8. The number of phenols is 1. The predicted molar refractivity (Wildman–Crippen MR) is 102 cm³/mol. The largest absolute Gasteiger partial charge is 0.502 e. The molecule has 2 aromatic heterocycles. The summed E-state index contributed by atoms with van der Waals surface area (Å²) in [6.07, 6.45) is 6.55. The number of methoxy groups -OCH3 is 2. The number of aryl methyl sites for hydroxylation is 2. The minimum atomic E-state index is -0.0357. The lowest BCUT2D eigenvalue weighted by atomic mass is 10.2. The van der Waals surface area contributed by atoms with E-state index in [-0.39, 0.29) is 5.75 Å². The maximum atomic E-state index is 9.98. The summed E-state index contributed by atoms with van der Waals surface area (Å²) in [6, 6.07) is 3.36. The van der Waals surface area contributed by atoms with Crippen molar-refractivity contribution in [3.05, 3.63) is 34.5 Å². The Balaban J connectivity index is 1.63. The molecular formula is C18H18N4O3S. The molecule has 1 aromatic carbocycles. The Labute approximate surface area is 154 Å². The molecule has 0 bridgehead atoms. The van der Waals surface area contributed by atoms with Crippen molar-refractivity contribution in [2.24, 2.45) is 5.10 Å². The summed E-state index contributed by atoms with van der Waals surface area (Å²) >= 11 is 1.74. The summed E-state index contributed by atoms with van der Waals surface area (Å²) in [4.78, 5) is 11.1. The Morgan fingerprint density at radius 1 is 1.19 bits per heavy atom. The molecule has 0 atom stereocenters. The first-order valence-corrected chi connectivity index (χ1v) is 9.02. The quantitative estimate of drug-likeness (QED) is 0.529. The number of aromatic hydroxyl groups is 1. The molecule has 2 N–H and O–H groups in total. The van der Waals surface area contributed by atoms with E-state index in [9.17, 15) is 5.11 Å². The van der Waals surface area contributed by atoms with Crippen LogP contribution in [-0.2, 0) is 12.8 Å². The number of aromatic nitrogens is 2. The molecule has 0 saturated heterocycles. The zero-order chi connectivity index (χ0) is 18.1. The van der Waals surface area contributed by atoms with Gasteiger partial charge in [-0.1, -0.05) is 0 Å². The molecule has 0 aliphatic heterocycles. The second kappa shape index (κ2) is 6.80. The van der Waals surface area contributed by atoms with E-state index in [1.54, 1.807) is 36.0 Å². The molecule has 4 rings (SSSR count). The third-order valence-electron chi connectivity index (χ3n) is 4.39. The maximum absolute atomic E-state index is 9.98. The average molecular weight is 370 g/mol. The Morgan fingerprint density at radius 3 is 2.69 bits per heavy atom. The van der Waals surface area contributed by atoms with Gasteiger partial charge in [0.15, 0.2) is 17.3 Å². The number of thiophene rings is 1. The zero-order valence-corrected chi connectivity index (χ0v) is 15.3. The highest BCUT2D eigenvalue weighted by atomic mass is 32.1. The van der Waals surface area contributed by atoms with Crippen LogP contribution in [0.15, 0.2) is 23.6 Å². The van der Waals surface area contributed by atoms with Gasteiger partial charge in [0.05, 0.1) is 25.8 Å². The summed E-state index contributed by atoms with van der Waals surface area (Å²) in [5.74, 6) is 1.33. The highest BCUT2D eigenvalue weighted by Crippen LogP contribution is 2.39. The van der Waals surface area contributed by atoms with E-state index in [1.165, 1.54) is 31.1 Å². The third-order valence-corrected chi connectivity index (χ3v) is 5.59. The van der Waals surface area contributed by atoms with E-state index < -0.39 is 0 Å². The Morgan fingerprint density at radius 2 is 1.96 bits per heavy atom. The normalized spacial score (nSPS) is 13.3. The van der Waals surface area contributed by atoms with Crippen molar-refractivity contribution in [1.82, 2.24) is 9.97 Å². The monoisotopic (exact) mass is 370 g/mol. The summed E-state index contributed by atoms with van der Waals surface area (Å²) in [6.45, 7) is 0. The molecule has 0 fully saturated rings. The van der Waals surface area contributed by atoms with Gasteiger partial charge < -0.3 is 14.6 Å². The van der Waals surface area contributed by atoms with Crippen LogP contribution in [0.1, 0.15) is 22.4 Å². The number of hydrazone groups is 1. The molecule has 1 aliphatic rings. The van der Waals surface area contributed by atoms with Gasteiger partial charge in [0.25, 0.3) is 0 Å². The van der Waals surface area contributed by atoms with Crippen LogP contribution in [0.5, 0.6) is 17.2 Å². The van der Waals surface area contributed by atoms with Gasteiger partial charge in [-0.15, -0.1) is 11.3 Å². The van der Waals surface area contributed by atoms with Crippen LogP contribution < -0.4 is 14.9 Å². The zero-order valence-electron chi connectivity index (χ0n) is 14.4. The van der Waals surface area contributed by atoms with Gasteiger partial charge in [-0.25, -0.2) is 9.97 Å². The van der Waals surface area contributed by atoms with Crippen LogP contribution in [0.25, 0.3) is 10.2 Å². The van der Waals surface area contributed by atoms with Gasteiger partial charge in [0.2, 0.25) is 5.75 Å². The lowest BCUT2D eigenvalue weighted by Crippen LogP contribution is -1.97. The van der Waals surface area contributed by atoms with E-state index in [2.05, 4.69) is 20.5 Å². The molecule has 0 spiro atoms. The third kappa shape index (κ3) is 2.82. The molecule has 26 heavy (non-hydrogen) atoms. The fourth-order valence-corrected chi connectivity index (χ4v) is 4.40. The van der Waals surface area contributed by atoms with E-state index in [0.717, 1.165) is 28.6 Å². The molecule has 2 heterocycles. The number of anilines is 1. The van der Waals surface area contributed by atoms with Crippen LogP contribution in [0.3, 0.4) is 0 Å². The first kappa shape index (κ1) is 16.6. The molecule has 3 aromatic rings. The first-order valence-electron chi connectivity index (χ1n) is 8.20. The van der Waals surface area contributed by atoms with E-state index in [4.69, 9.17) is 9.47 Å². The van der Waals surface area contributed by atoms with Crippen molar-refractivity contribution >= 4 is 33.6 Å². The highest BCUT2D eigenvalue weighted by Gasteiger charge is 2.21. The van der Waals surface area contributed by atoms with Crippen molar-refractivity contribution in [1.29, 1.82) is 0 Å². The number of hydrogen-bond donors (Lipinski definition) is 2.